The summed E-state index contributed by atoms with van der Waals surface area (Å²) < 4.78 is 27.3. The Hall–Kier alpha value is -2.63. The van der Waals surface area contributed by atoms with Crippen LogP contribution in [-0.4, -0.2) is 47.6 Å². The number of likely N-dealkylation sites (N-methyl/N-ethyl adjacent to an activating group) is 1. The van der Waals surface area contributed by atoms with E-state index >= 15 is 0 Å². The highest BCUT2D eigenvalue weighted by atomic mass is 32.2. The summed E-state index contributed by atoms with van der Waals surface area (Å²) in [5.74, 6) is 0. The second-order valence-electron chi connectivity index (χ2n) is 9.10. The molecule has 0 bridgehead atoms. The largest absolute Gasteiger partial charge is 0.377 e. The summed E-state index contributed by atoms with van der Waals surface area (Å²) in [5, 5.41) is 0. The van der Waals surface area contributed by atoms with Crippen molar-refractivity contribution in [3.05, 3.63) is 88.5 Å². The van der Waals surface area contributed by atoms with Gasteiger partial charge in [-0.1, -0.05) is 42.0 Å². The van der Waals surface area contributed by atoms with Gasteiger partial charge in [0.25, 0.3) is 0 Å². The third-order valence-corrected chi connectivity index (χ3v) is 8.14. The van der Waals surface area contributed by atoms with Gasteiger partial charge in [0.1, 0.15) is 0 Å². The van der Waals surface area contributed by atoms with Crippen molar-refractivity contribution in [3.63, 3.8) is 0 Å². The Balaban J connectivity index is 1.67. The average molecular weight is 449 g/mol. The van der Waals surface area contributed by atoms with Crippen molar-refractivity contribution < 1.29 is 8.42 Å². The zero-order valence-corrected chi connectivity index (χ0v) is 20.2. The molecule has 1 heterocycles. The maximum Gasteiger partial charge on any atom is 0.208 e. The first kappa shape index (κ1) is 22.6. The van der Waals surface area contributed by atoms with Crippen LogP contribution in [0.5, 0.6) is 0 Å². The molecular weight excluding hydrogens is 416 g/mol. The minimum Gasteiger partial charge on any atom is -0.377 e. The van der Waals surface area contributed by atoms with Crippen LogP contribution in [0, 0.1) is 6.92 Å². The highest BCUT2D eigenvalue weighted by Gasteiger charge is 2.25. The predicted octanol–water partition coefficient (Wildman–Crippen LogP) is 4.52. The highest BCUT2D eigenvalue weighted by molar-refractivity contribution is 7.91. The number of hydrogen-bond donors (Lipinski definition) is 0. The van der Waals surface area contributed by atoms with Crippen LogP contribution in [-0.2, 0) is 29.1 Å². The lowest BCUT2D eigenvalue weighted by molar-refractivity contribution is 0.352. The van der Waals surface area contributed by atoms with Crippen molar-refractivity contribution in [2.45, 2.75) is 36.0 Å². The van der Waals surface area contributed by atoms with Crippen LogP contribution in [0.2, 0.25) is 0 Å². The van der Waals surface area contributed by atoms with Crippen molar-refractivity contribution in [1.82, 2.24) is 4.90 Å². The van der Waals surface area contributed by atoms with E-state index in [1.165, 1.54) is 16.7 Å². The molecule has 0 N–H and O–H groups in total. The van der Waals surface area contributed by atoms with Gasteiger partial charge in [0.05, 0.1) is 15.5 Å². The van der Waals surface area contributed by atoms with Gasteiger partial charge in [-0.15, -0.1) is 0 Å². The van der Waals surface area contributed by atoms with Crippen LogP contribution in [0.1, 0.15) is 27.8 Å². The fourth-order valence-electron chi connectivity index (χ4n) is 4.27. The number of anilines is 1. The molecule has 5 heteroatoms. The molecule has 4 rings (SSSR count). The molecule has 4 nitrogen and oxygen atoms in total. The van der Waals surface area contributed by atoms with Crippen LogP contribution in [0.4, 0.5) is 5.69 Å². The molecule has 0 aromatic heterocycles. The number of benzene rings is 3. The van der Waals surface area contributed by atoms with Crippen LogP contribution in [0.25, 0.3) is 0 Å². The molecule has 0 fully saturated rings. The SMILES string of the molecule is Cc1ccc(Cc2ccc(S(=O)(=O)c3cc4c(cc3N(C)C)CCN(C)CC4)cc2)cc1. The van der Waals surface area contributed by atoms with Crippen LogP contribution < -0.4 is 4.90 Å². The second kappa shape index (κ2) is 9.08. The van der Waals surface area contributed by atoms with Crippen LogP contribution in [0.15, 0.2) is 70.5 Å². The van der Waals surface area contributed by atoms with E-state index < -0.39 is 9.84 Å². The lowest BCUT2D eigenvalue weighted by Crippen LogP contribution is -2.20. The number of rotatable bonds is 5. The van der Waals surface area contributed by atoms with E-state index in [2.05, 4.69) is 49.2 Å². The summed E-state index contributed by atoms with van der Waals surface area (Å²) in [7, 11) is 2.32. The highest BCUT2D eigenvalue weighted by Crippen LogP contribution is 2.33. The quantitative estimate of drug-likeness (QED) is 0.576. The Bertz CT molecular complexity index is 1200. The maximum absolute atomic E-state index is 13.7. The molecule has 0 spiro atoms. The Morgan fingerprint density at radius 2 is 1.38 bits per heavy atom. The van der Waals surface area contributed by atoms with E-state index in [9.17, 15) is 8.42 Å². The minimum absolute atomic E-state index is 0.346. The molecule has 3 aromatic rings. The molecule has 0 unspecified atom stereocenters. The molecule has 1 aliphatic heterocycles. The normalized spacial score (nSPS) is 14.6. The smallest absolute Gasteiger partial charge is 0.208 e. The topological polar surface area (TPSA) is 40.6 Å². The second-order valence-corrected chi connectivity index (χ2v) is 11.0. The molecule has 0 aliphatic carbocycles. The van der Waals surface area contributed by atoms with E-state index in [1.807, 2.05) is 37.2 Å². The summed E-state index contributed by atoms with van der Waals surface area (Å²) in [4.78, 5) is 4.96. The summed E-state index contributed by atoms with van der Waals surface area (Å²) in [6.45, 7) is 4.02. The summed E-state index contributed by atoms with van der Waals surface area (Å²) in [6, 6.07) is 19.8. The van der Waals surface area contributed by atoms with E-state index in [1.54, 1.807) is 12.1 Å². The van der Waals surface area contributed by atoms with Gasteiger partial charge >= 0.3 is 0 Å². The van der Waals surface area contributed by atoms with Gasteiger partial charge in [-0.3, -0.25) is 0 Å². The first-order valence-corrected chi connectivity index (χ1v) is 12.6. The maximum atomic E-state index is 13.7. The molecule has 0 saturated heterocycles. The zero-order valence-electron chi connectivity index (χ0n) is 19.4. The lowest BCUT2D eigenvalue weighted by Gasteiger charge is -2.21. The van der Waals surface area contributed by atoms with Crippen molar-refractivity contribution in [3.8, 4) is 0 Å². The van der Waals surface area contributed by atoms with Crippen LogP contribution >= 0.6 is 0 Å². The molecule has 0 radical (unpaired) electrons. The number of fused-ring (bicyclic) bond motifs is 1. The molecular formula is C27H32N2O2S. The van der Waals surface area contributed by atoms with Gasteiger partial charge in [-0.25, -0.2) is 8.42 Å². The Morgan fingerprint density at radius 3 is 1.94 bits per heavy atom. The minimum atomic E-state index is -3.62. The molecule has 3 aromatic carbocycles. The van der Waals surface area contributed by atoms with Crippen molar-refractivity contribution in [2.24, 2.45) is 0 Å². The summed E-state index contributed by atoms with van der Waals surface area (Å²) in [6.07, 6.45) is 2.61. The van der Waals surface area contributed by atoms with Gasteiger partial charge in [-0.2, -0.15) is 0 Å². The summed E-state index contributed by atoms with van der Waals surface area (Å²) in [5.41, 5.74) is 6.72. The third-order valence-electron chi connectivity index (χ3n) is 6.34. The summed E-state index contributed by atoms with van der Waals surface area (Å²) >= 11 is 0. The van der Waals surface area contributed by atoms with E-state index in [0.717, 1.165) is 49.2 Å². The zero-order chi connectivity index (χ0) is 22.9. The van der Waals surface area contributed by atoms with E-state index in [4.69, 9.17) is 0 Å². The number of sulfone groups is 1. The molecule has 1 aliphatic rings. The van der Waals surface area contributed by atoms with Gasteiger partial charge < -0.3 is 9.80 Å². The number of nitrogens with zero attached hydrogens (tertiary/aromatic N) is 2. The molecule has 168 valence electrons. The van der Waals surface area contributed by atoms with E-state index in [-0.39, 0.29) is 0 Å². The van der Waals surface area contributed by atoms with Gasteiger partial charge in [0, 0.05) is 27.2 Å². The predicted molar refractivity (Wildman–Crippen MR) is 132 cm³/mol. The molecule has 0 saturated carbocycles. The number of aryl methyl sites for hydroxylation is 1. The Labute approximate surface area is 192 Å². The van der Waals surface area contributed by atoms with Gasteiger partial charge in [0.15, 0.2) is 0 Å². The van der Waals surface area contributed by atoms with Crippen molar-refractivity contribution in [1.29, 1.82) is 0 Å². The first-order chi connectivity index (χ1) is 15.2. The van der Waals surface area contributed by atoms with Gasteiger partial charge in [0.2, 0.25) is 9.84 Å². The fraction of sp³-hybridized carbons (Fsp3) is 0.333. The third kappa shape index (κ3) is 4.74. The molecule has 0 atom stereocenters. The Kier molecular flexibility index (Phi) is 6.40. The average Bonchev–Trinajstić information content (AvgIpc) is 2.96. The molecule has 0 amide bonds. The standard InChI is InChI=1S/C27H32N2O2S/c1-20-5-7-21(8-6-20)17-22-9-11-25(12-10-22)32(30,31)27-19-24-14-16-29(4)15-13-23(24)18-26(27)28(2)3/h5-12,18-19H,13-17H2,1-4H3. The van der Waals surface area contributed by atoms with Crippen LogP contribution in [0.3, 0.4) is 0 Å². The van der Waals surface area contributed by atoms with Gasteiger partial charge in [-0.05, 0) is 79.8 Å². The first-order valence-electron chi connectivity index (χ1n) is 11.2. The van der Waals surface area contributed by atoms with Crippen molar-refractivity contribution in [2.75, 3.05) is 39.1 Å². The lowest BCUT2D eigenvalue weighted by atomic mass is 10.0. The monoisotopic (exact) mass is 448 g/mol. The Morgan fingerprint density at radius 1 is 0.844 bits per heavy atom. The molecule has 32 heavy (non-hydrogen) atoms. The number of hydrogen-bond acceptors (Lipinski definition) is 4. The van der Waals surface area contributed by atoms with E-state index in [0.29, 0.717) is 9.79 Å². The van der Waals surface area contributed by atoms with Crippen molar-refractivity contribution >= 4 is 15.5 Å². The fourth-order valence-corrected chi connectivity index (χ4v) is 5.84.